The van der Waals surface area contributed by atoms with Crippen LogP contribution in [0, 0.1) is 0 Å². The molecule has 0 amide bonds. The van der Waals surface area contributed by atoms with Crippen LogP contribution in [0.1, 0.15) is 0 Å². The average Bonchev–Trinajstić information content (AvgIpc) is 3.24. The minimum atomic E-state index is -0.387. The van der Waals surface area contributed by atoms with E-state index in [-0.39, 0.29) is 6.41 Å². The molecular formula is C16H15N3O2S. The van der Waals surface area contributed by atoms with Crippen molar-refractivity contribution < 1.29 is 9.47 Å². The molecule has 1 aliphatic heterocycles. The van der Waals surface area contributed by atoms with Gasteiger partial charge < -0.3 is 14.4 Å². The van der Waals surface area contributed by atoms with E-state index in [2.05, 4.69) is 27.5 Å². The van der Waals surface area contributed by atoms with Crippen LogP contribution >= 0.6 is 11.3 Å². The summed E-state index contributed by atoms with van der Waals surface area (Å²) in [6.07, 6.45) is 1.20. The third-order valence-electron chi connectivity index (χ3n) is 3.69. The number of nitrogens with zero attached hydrogens (tertiary/aromatic N) is 3. The minimum Gasteiger partial charge on any atom is -0.333 e. The van der Waals surface area contributed by atoms with Gasteiger partial charge in [-0.1, -0.05) is 30.3 Å². The maximum absolute atomic E-state index is 5.59. The zero-order valence-corrected chi connectivity index (χ0v) is 12.9. The summed E-state index contributed by atoms with van der Waals surface area (Å²) in [5, 5.41) is 3.17. The minimum absolute atomic E-state index is 0.387. The first kappa shape index (κ1) is 13.6. The molecule has 0 atom stereocenters. The van der Waals surface area contributed by atoms with Crippen molar-refractivity contribution in [3.63, 3.8) is 0 Å². The molecule has 0 N–H and O–H groups in total. The lowest BCUT2D eigenvalue weighted by atomic mass is 10.1. The van der Waals surface area contributed by atoms with Crippen molar-refractivity contribution in [1.29, 1.82) is 0 Å². The molecule has 112 valence electrons. The van der Waals surface area contributed by atoms with E-state index in [1.807, 2.05) is 30.1 Å². The fraction of sp³-hybridized carbons (Fsp3) is 0.250. The monoisotopic (exact) mass is 313 g/mol. The van der Waals surface area contributed by atoms with E-state index in [1.165, 1.54) is 0 Å². The standard InChI is InChI=1S/C16H15N3O2S/c1-19(16-20-7-8-21-16)14-13-12(11-5-3-2-4-6-11)9-22-15(13)18-10-17-14/h2-6,9-10,16H,7-8H2,1H3. The molecule has 0 spiro atoms. The molecule has 1 fully saturated rings. The Morgan fingerprint density at radius 1 is 1.14 bits per heavy atom. The van der Waals surface area contributed by atoms with Crippen LogP contribution in [0.5, 0.6) is 0 Å². The highest BCUT2D eigenvalue weighted by Crippen LogP contribution is 2.38. The largest absolute Gasteiger partial charge is 0.333 e. The number of thiophene rings is 1. The van der Waals surface area contributed by atoms with E-state index in [0.717, 1.165) is 27.2 Å². The number of rotatable bonds is 3. The first-order valence-corrected chi connectivity index (χ1v) is 7.96. The summed E-state index contributed by atoms with van der Waals surface area (Å²) in [7, 11) is 1.93. The zero-order valence-electron chi connectivity index (χ0n) is 12.1. The second-order valence-corrected chi connectivity index (χ2v) is 5.91. The first-order valence-electron chi connectivity index (χ1n) is 7.08. The van der Waals surface area contributed by atoms with Crippen LogP contribution in [-0.2, 0) is 9.47 Å². The Morgan fingerprint density at radius 3 is 2.68 bits per heavy atom. The van der Waals surface area contributed by atoms with Crippen LogP contribution in [0.15, 0.2) is 42.0 Å². The number of hydrogen-bond donors (Lipinski definition) is 0. The maximum atomic E-state index is 5.59. The van der Waals surface area contributed by atoms with Crippen molar-refractivity contribution in [2.45, 2.75) is 6.41 Å². The Hall–Kier alpha value is -2.02. The third-order valence-corrected chi connectivity index (χ3v) is 4.58. The topological polar surface area (TPSA) is 47.5 Å². The number of fused-ring (bicyclic) bond motifs is 1. The highest BCUT2D eigenvalue weighted by molar-refractivity contribution is 7.17. The van der Waals surface area contributed by atoms with Gasteiger partial charge in [0.25, 0.3) is 0 Å². The van der Waals surface area contributed by atoms with Crippen molar-refractivity contribution in [1.82, 2.24) is 9.97 Å². The van der Waals surface area contributed by atoms with E-state index in [1.54, 1.807) is 17.7 Å². The third kappa shape index (κ3) is 2.25. The number of anilines is 1. The molecule has 1 aromatic carbocycles. The molecule has 0 saturated carbocycles. The molecule has 0 bridgehead atoms. The van der Waals surface area contributed by atoms with Crippen LogP contribution in [-0.4, -0.2) is 36.6 Å². The zero-order chi connectivity index (χ0) is 14.9. The molecule has 3 heterocycles. The number of aromatic nitrogens is 2. The Labute approximate surface area is 132 Å². The molecule has 0 aliphatic carbocycles. The quantitative estimate of drug-likeness (QED) is 0.743. The normalized spacial score (nSPS) is 15.5. The Bertz CT molecular complexity index is 784. The number of hydrogen-bond acceptors (Lipinski definition) is 6. The van der Waals surface area contributed by atoms with E-state index in [0.29, 0.717) is 13.2 Å². The lowest BCUT2D eigenvalue weighted by molar-refractivity contribution is -0.0392. The van der Waals surface area contributed by atoms with Gasteiger partial charge in [0, 0.05) is 18.0 Å². The summed E-state index contributed by atoms with van der Waals surface area (Å²) in [5.41, 5.74) is 2.30. The highest BCUT2D eigenvalue weighted by atomic mass is 32.1. The Kier molecular flexibility index (Phi) is 3.49. The van der Waals surface area contributed by atoms with Crippen LogP contribution in [0.25, 0.3) is 21.3 Å². The lowest BCUT2D eigenvalue weighted by Crippen LogP contribution is -2.33. The van der Waals surface area contributed by atoms with E-state index in [4.69, 9.17) is 9.47 Å². The van der Waals surface area contributed by atoms with Gasteiger partial charge in [0.2, 0.25) is 6.41 Å². The molecule has 22 heavy (non-hydrogen) atoms. The molecule has 1 saturated heterocycles. The van der Waals surface area contributed by atoms with Crippen LogP contribution in [0.4, 0.5) is 5.82 Å². The number of benzene rings is 1. The second-order valence-electron chi connectivity index (χ2n) is 5.05. The molecule has 2 aromatic heterocycles. The molecule has 5 nitrogen and oxygen atoms in total. The van der Waals surface area contributed by atoms with Gasteiger partial charge in [0.05, 0.1) is 18.6 Å². The van der Waals surface area contributed by atoms with Gasteiger partial charge in [-0.3, -0.25) is 0 Å². The van der Waals surface area contributed by atoms with Crippen molar-refractivity contribution in [2.75, 3.05) is 25.2 Å². The summed E-state index contributed by atoms with van der Waals surface area (Å²) in [6.45, 7) is 1.22. The van der Waals surface area contributed by atoms with Gasteiger partial charge in [0.1, 0.15) is 17.0 Å². The lowest BCUT2D eigenvalue weighted by Gasteiger charge is -2.24. The molecule has 4 rings (SSSR count). The van der Waals surface area contributed by atoms with Crippen molar-refractivity contribution in [2.24, 2.45) is 0 Å². The van der Waals surface area contributed by atoms with Crippen molar-refractivity contribution in [3.05, 3.63) is 42.0 Å². The highest BCUT2D eigenvalue weighted by Gasteiger charge is 2.25. The Morgan fingerprint density at radius 2 is 1.91 bits per heavy atom. The molecule has 0 radical (unpaired) electrons. The predicted octanol–water partition coefficient (Wildman–Crippen LogP) is 3.12. The average molecular weight is 313 g/mol. The van der Waals surface area contributed by atoms with E-state index in [9.17, 15) is 0 Å². The molecule has 0 unspecified atom stereocenters. The molecule has 6 heteroatoms. The predicted molar refractivity (Wildman–Crippen MR) is 86.9 cm³/mol. The first-order chi connectivity index (χ1) is 10.8. The molecular weight excluding hydrogens is 298 g/mol. The van der Waals surface area contributed by atoms with E-state index >= 15 is 0 Å². The SMILES string of the molecule is CN(c1ncnc2scc(-c3ccccc3)c12)C1OCCO1. The van der Waals surface area contributed by atoms with Gasteiger partial charge in [-0.2, -0.15) is 0 Å². The van der Waals surface area contributed by atoms with E-state index < -0.39 is 0 Å². The summed E-state index contributed by atoms with van der Waals surface area (Å²) in [5.74, 6) is 0.831. The van der Waals surface area contributed by atoms with Gasteiger partial charge in [0.15, 0.2) is 0 Å². The summed E-state index contributed by atoms with van der Waals surface area (Å²) in [4.78, 5) is 11.8. The van der Waals surface area contributed by atoms with Crippen LogP contribution < -0.4 is 4.90 Å². The summed E-state index contributed by atoms with van der Waals surface area (Å²) in [6, 6.07) is 10.3. The molecule has 1 aliphatic rings. The van der Waals surface area contributed by atoms with Crippen molar-refractivity contribution in [3.8, 4) is 11.1 Å². The van der Waals surface area contributed by atoms with Gasteiger partial charge in [-0.15, -0.1) is 11.3 Å². The number of ether oxygens (including phenoxy) is 2. The maximum Gasteiger partial charge on any atom is 0.241 e. The van der Waals surface area contributed by atoms with Crippen molar-refractivity contribution >= 4 is 27.4 Å². The van der Waals surface area contributed by atoms with Gasteiger partial charge in [-0.25, -0.2) is 9.97 Å². The fourth-order valence-corrected chi connectivity index (χ4v) is 3.54. The fourth-order valence-electron chi connectivity index (χ4n) is 2.63. The molecule has 3 aromatic rings. The second kappa shape index (κ2) is 5.64. The van der Waals surface area contributed by atoms with Crippen LogP contribution in [0.2, 0.25) is 0 Å². The smallest absolute Gasteiger partial charge is 0.241 e. The van der Waals surface area contributed by atoms with Gasteiger partial charge >= 0.3 is 0 Å². The van der Waals surface area contributed by atoms with Crippen LogP contribution in [0.3, 0.4) is 0 Å². The summed E-state index contributed by atoms with van der Waals surface area (Å²) < 4.78 is 11.2. The summed E-state index contributed by atoms with van der Waals surface area (Å²) >= 11 is 1.62. The van der Waals surface area contributed by atoms with Gasteiger partial charge in [-0.05, 0) is 5.56 Å². The Balaban J connectivity index is 1.86.